The van der Waals surface area contributed by atoms with E-state index < -0.39 is 11.7 Å². The van der Waals surface area contributed by atoms with E-state index in [1.54, 1.807) is 6.07 Å². The van der Waals surface area contributed by atoms with Crippen LogP contribution in [0, 0.1) is 0 Å². The number of hydrogen-bond acceptors (Lipinski definition) is 5. The molecule has 2 aromatic heterocycles. The van der Waals surface area contributed by atoms with Gasteiger partial charge < -0.3 is 24.3 Å². The maximum atomic E-state index is 12.3. The number of likely N-dealkylation sites (N-methyl/N-ethyl adjacent to an activating group) is 1. The van der Waals surface area contributed by atoms with Gasteiger partial charge in [0.05, 0.1) is 29.8 Å². The number of fused-ring (bicyclic) bond motifs is 6. The van der Waals surface area contributed by atoms with Crippen LogP contribution in [0.4, 0.5) is 11.5 Å². The average molecular weight is 404 g/mol. The first kappa shape index (κ1) is 17.6. The van der Waals surface area contributed by atoms with Crippen LogP contribution in [0.15, 0.2) is 35.6 Å². The van der Waals surface area contributed by atoms with E-state index in [0.29, 0.717) is 22.5 Å². The molecule has 1 unspecified atom stereocenters. The lowest BCUT2D eigenvalue weighted by atomic mass is 9.65. The molecule has 1 aliphatic carbocycles. The number of ether oxygens (including phenoxy) is 2. The molecule has 3 aliphatic rings. The monoisotopic (exact) mass is 404 g/mol. The fourth-order valence-corrected chi connectivity index (χ4v) is 5.87. The molecule has 7 nitrogen and oxygen atoms in total. The van der Waals surface area contributed by atoms with E-state index in [1.807, 2.05) is 24.7 Å². The predicted molar refractivity (Wildman–Crippen MR) is 115 cm³/mol. The van der Waals surface area contributed by atoms with E-state index in [9.17, 15) is 4.79 Å². The summed E-state index contributed by atoms with van der Waals surface area (Å²) in [6.45, 7) is 0. The average Bonchev–Trinajstić information content (AvgIpc) is 3.50. The highest BCUT2D eigenvalue weighted by Gasteiger charge is 2.64. The van der Waals surface area contributed by atoms with Crippen LogP contribution in [0.25, 0.3) is 10.9 Å². The molecular weight excluding hydrogens is 380 g/mol. The van der Waals surface area contributed by atoms with Gasteiger partial charge in [0.2, 0.25) is 5.72 Å². The van der Waals surface area contributed by atoms with Gasteiger partial charge in [0.25, 0.3) is 0 Å². The van der Waals surface area contributed by atoms with Crippen molar-refractivity contribution in [2.45, 2.75) is 43.2 Å². The molecule has 1 aromatic carbocycles. The molecular formula is C23H24N4O3. The van der Waals surface area contributed by atoms with Crippen molar-refractivity contribution >= 4 is 34.6 Å². The number of anilines is 1. The van der Waals surface area contributed by atoms with Crippen molar-refractivity contribution in [1.29, 1.82) is 0 Å². The zero-order chi connectivity index (χ0) is 20.5. The van der Waals surface area contributed by atoms with Gasteiger partial charge in [-0.2, -0.15) is 0 Å². The molecule has 4 heterocycles. The third-order valence-corrected chi connectivity index (χ3v) is 7.28. The second kappa shape index (κ2) is 5.90. The number of nitrogens with zero attached hydrogens (tertiary/aromatic N) is 2. The molecule has 0 saturated heterocycles. The van der Waals surface area contributed by atoms with Gasteiger partial charge in [0.15, 0.2) is 5.75 Å². The Kier molecular flexibility index (Phi) is 3.47. The molecule has 2 N–H and O–H groups in total. The van der Waals surface area contributed by atoms with Crippen molar-refractivity contribution in [3.05, 3.63) is 41.7 Å². The Hall–Kier alpha value is -3.22. The first-order chi connectivity index (χ1) is 14.6. The molecule has 3 aromatic rings. The normalized spacial score (nSPS) is 23.6. The second-order valence-electron chi connectivity index (χ2n) is 8.53. The molecule has 0 bridgehead atoms. The van der Waals surface area contributed by atoms with Crippen LogP contribution in [0.2, 0.25) is 0 Å². The van der Waals surface area contributed by atoms with E-state index in [-0.39, 0.29) is 5.41 Å². The molecule has 1 saturated carbocycles. The summed E-state index contributed by atoms with van der Waals surface area (Å²) in [7, 11) is 3.46. The lowest BCUT2D eigenvalue weighted by molar-refractivity contribution is 0.0408. The number of benzene rings is 1. The van der Waals surface area contributed by atoms with Crippen LogP contribution in [0.3, 0.4) is 0 Å². The van der Waals surface area contributed by atoms with Crippen LogP contribution >= 0.6 is 0 Å². The molecule has 0 amide bonds. The Morgan fingerprint density at radius 2 is 2.00 bits per heavy atom. The van der Waals surface area contributed by atoms with Crippen molar-refractivity contribution in [3.8, 4) is 5.75 Å². The maximum Gasteiger partial charge on any atom is 0.340 e. The van der Waals surface area contributed by atoms with E-state index in [2.05, 4.69) is 28.0 Å². The van der Waals surface area contributed by atoms with Gasteiger partial charge in [-0.25, -0.2) is 4.79 Å². The number of carbonyl (C=O) groups excluding carboxylic acids is 1. The van der Waals surface area contributed by atoms with E-state index in [4.69, 9.17) is 14.5 Å². The van der Waals surface area contributed by atoms with Gasteiger partial charge >= 0.3 is 5.97 Å². The Balaban J connectivity index is 1.57. The topological polar surface area (TPSA) is 82.7 Å². The van der Waals surface area contributed by atoms with Crippen molar-refractivity contribution in [1.82, 2.24) is 9.97 Å². The summed E-state index contributed by atoms with van der Waals surface area (Å²) in [5.41, 5.74) is 2.30. The van der Waals surface area contributed by atoms with E-state index in [0.717, 1.165) is 24.0 Å². The molecule has 7 heteroatoms. The SMILES string of the molecule is COC(=O)c1cc2c(c3cc[nH]c13)OC1(C=N2)N(C)c2[nH]ccc2C12CCCCC2. The molecule has 1 atom stereocenters. The molecule has 6 rings (SSSR count). The quantitative estimate of drug-likeness (QED) is 0.588. The summed E-state index contributed by atoms with van der Waals surface area (Å²) >= 11 is 0. The number of hydrogen-bond donors (Lipinski definition) is 2. The number of aromatic nitrogens is 2. The van der Waals surface area contributed by atoms with Gasteiger partial charge in [0, 0.05) is 30.4 Å². The lowest BCUT2D eigenvalue weighted by Gasteiger charge is -2.49. The molecule has 2 spiro atoms. The van der Waals surface area contributed by atoms with E-state index >= 15 is 0 Å². The van der Waals surface area contributed by atoms with Gasteiger partial charge in [0.1, 0.15) is 11.5 Å². The number of nitrogens with one attached hydrogen (secondary N) is 2. The lowest BCUT2D eigenvalue weighted by Crippen LogP contribution is -2.63. The van der Waals surface area contributed by atoms with Gasteiger partial charge in [-0.05, 0) is 31.0 Å². The first-order valence-electron chi connectivity index (χ1n) is 10.5. The second-order valence-corrected chi connectivity index (χ2v) is 8.53. The molecule has 154 valence electrons. The highest BCUT2D eigenvalue weighted by atomic mass is 16.5. The smallest absolute Gasteiger partial charge is 0.340 e. The largest absolute Gasteiger partial charge is 0.465 e. The van der Waals surface area contributed by atoms with Gasteiger partial charge in [-0.3, -0.25) is 4.99 Å². The van der Waals surface area contributed by atoms with Crippen LogP contribution < -0.4 is 9.64 Å². The van der Waals surface area contributed by atoms with Crippen LogP contribution in [-0.4, -0.2) is 42.0 Å². The number of esters is 1. The van der Waals surface area contributed by atoms with Crippen molar-refractivity contribution in [2.24, 2.45) is 4.99 Å². The van der Waals surface area contributed by atoms with E-state index in [1.165, 1.54) is 31.9 Å². The Labute approximate surface area is 174 Å². The first-order valence-corrected chi connectivity index (χ1v) is 10.5. The summed E-state index contributed by atoms with van der Waals surface area (Å²) in [6, 6.07) is 5.90. The zero-order valence-electron chi connectivity index (χ0n) is 17.1. The Morgan fingerprint density at radius 3 is 2.80 bits per heavy atom. The summed E-state index contributed by atoms with van der Waals surface area (Å²) in [6.07, 6.45) is 11.5. The molecule has 0 radical (unpaired) electrons. The summed E-state index contributed by atoms with van der Waals surface area (Å²) < 4.78 is 11.9. The third-order valence-electron chi connectivity index (χ3n) is 7.28. The highest BCUT2D eigenvalue weighted by molar-refractivity contribution is 6.08. The Bertz CT molecular complexity index is 1200. The number of H-pyrrole nitrogens is 2. The zero-order valence-corrected chi connectivity index (χ0v) is 17.1. The minimum atomic E-state index is -0.695. The number of carbonyl (C=O) groups is 1. The van der Waals surface area contributed by atoms with Gasteiger partial charge in [-0.15, -0.1) is 0 Å². The fraction of sp³-hybridized carbons (Fsp3) is 0.391. The van der Waals surface area contributed by atoms with Crippen molar-refractivity contribution in [2.75, 3.05) is 19.1 Å². The minimum absolute atomic E-state index is 0.153. The molecule has 30 heavy (non-hydrogen) atoms. The Morgan fingerprint density at radius 1 is 1.20 bits per heavy atom. The number of rotatable bonds is 1. The maximum absolute atomic E-state index is 12.3. The third kappa shape index (κ3) is 1.95. The summed E-state index contributed by atoms with van der Waals surface area (Å²) in [5, 5.41) is 0.846. The number of aliphatic imine (C=N–C) groups is 1. The number of aromatic amines is 2. The van der Waals surface area contributed by atoms with Crippen molar-refractivity contribution in [3.63, 3.8) is 0 Å². The van der Waals surface area contributed by atoms with Crippen LogP contribution in [0.1, 0.15) is 48.0 Å². The van der Waals surface area contributed by atoms with Crippen LogP contribution in [-0.2, 0) is 10.2 Å². The predicted octanol–water partition coefficient (Wildman–Crippen LogP) is 4.43. The minimum Gasteiger partial charge on any atom is -0.465 e. The summed E-state index contributed by atoms with van der Waals surface area (Å²) in [5.74, 6) is 1.42. The van der Waals surface area contributed by atoms with Crippen LogP contribution in [0.5, 0.6) is 5.75 Å². The summed E-state index contributed by atoms with van der Waals surface area (Å²) in [4.78, 5) is 26.0. The van der Waals surface area contributed by atoms with Crippen molar-refractivity contribution < 1.29 is 14.3 Å². The fourth-order valence-electron chi connectivity index (χ4n) is 5.87. The molecule has 2 aliphatic heterocycles. The highest BCUT2D eigenvalue weighted by Crippen LogP contribution is 2.59. The molecule has 1 fully saturated rings. The number of methoxy groups -OCH3 is 1. The standard InChI is InChI=1S/C23H24N4O3/c1-27-20-16(7-11-25-20)22(8-4-3-5-9-22)23(27)13-26-17-12-15(21(28)29-2)18-14(6-10-24-18)19(17)30-23/h6-7,10-13,24-25H,3-5,8-9H2,1-2H3. The van der Waals surface area contributed by atoms with Gasteiger partial charge in [-0.1, -0.05) is 19.3 Å².